The normalized spacial score (nSPS) is 11.8. The summed E-state index contributed by atoms with van der Waals surface area (Å²) in [4.78, 5) is 31.7. The number of methoxy groups -OCH3 is 2. The zero-order valence-electron chi connectivity index (χ0n) is 14.6. The van der Waals surface area contributed by atoms with E-state index in [1.165, 1.54) is 20.3 Å². The van der Waals surface area contributed by atoms with Gasteiger partial charge in [-0.1, -0.05) is 12.1 Å². The molecule has 0 radical (unpaired) electrons. The lowest BCUT2D eigenvalue weighted by Gasteiger charge is -2.15. The maximum atomic E-state index is 12.5. The molecule has 7 nitrogen and oxygen atoms in total. The summed E-state index contributed by atoms with van der Waals surface area (Å²) < 4.78 is 15.8. The van der Waals surface area contributed by atoms with Crippen LogP contribution in [-0.4, -0.2) is 30.2 Å². The smallest absolute Gasteiger partial charge is 0.342 e. The minimum absolute atomic E-state index is 0.224. The van der Waals surface area contributed by atoms with E-state index in [-0.39, 0.29) is 16.9 Å². The first kappa shape index (κ1) is 17.5. The molecule has 0 aliphatic carbocycles. The molecular weight excluding hydrogens is 336 g/mol. The molecule has 26 heavy (non-hydrogen) atoms. The summed E-state index contributed by atoms with van der Waals surface area (Å²) in [5.74, 6) is 0.526. The molecule has 1 aromatic heterocycles. The van der Waals surface area contributed by atoms with Crippen LogP contribution in [0.2, 0.25) is 0 Å². The van der Waals surface area contributed by atoms with Gasteiger partial charge in [-0.2, -0.15) is 0 Å². The number of nitrogens with zero attached hydrogens (tertiary/aromatic N) is 1. The van der Waals surface area contributed by atoms with Crippen molar-refractivity contribution in [2.75, 3.05) is 14.2 Å². The average molecular weight is 354 g/mol. The fourth-order valence-corrected chi connectivity index (χ4v) is 2.55. The van der Waals surface area contributed by atoms with E-state index in [2.05, 4.69) is 9.97 Å². The van der Waals surface area contributed by atoms with E-state index in [4.69, 9.17) is 14.2 Å². The number of fused-ring (bicyclic) bond motifs is 1. The largest absolute Gasteiger partial charge is 0.497 e. The second-order valence-electron chi connectivity index (χ2n) is 5.58. The van der Waals surface area contributed by atoms with Crippen LogP contribution in [0.3, 0.4) is 0 Å². The predicted molar refractivity (Wildman–Crippen MR) is 95.7 cm³/mol. The molecule has 1 unspecified atom stereocenters. The maximum Gasteiger partial charge on any atom is 0.342 e. The first-order chi connectivity index (χ1) is 12.5. The average Bonchev–Trinajstić information content (AvgIpc) is 2.67. The Hall–Kier alpha value is -3.35. The van der Waals surface area contributed by atoms with E-state index in [0.717, 1.165) is 0 Å². The number of aromatic nitrogens is 2. The fraction of sp³-hybridized carbons (Fsp3) is 0.211. The van der Waals surface area contributed by atoms with Crippen LogP contribution in [0.4, 0.5) is 0 Å². The van der Waals surface area contributed by atoms with Crippen molar-refractivity contribution >= 4 is 16.9 Å². The molecule has 7 heteroatoms. The van der Waals surface area contributed by atoms with Crippen LogP contribution in [0.5, 0.6) is 11.5 Å². The van der Waals surface area contributed by atoms with Gasteiger partial charge in [0.05, 0.1) is 25.1 Å². The van der Waals surface area contributed by atoms with E-state index in [1.54, 1.807) is 43.3 Å². The second kappa shape index (κ2) is 7.26. The van der Waals surface area contributed by atoms with Crippen LogP contribution in [0, 0.1) is 0 Å². The molecule has 0 aliphatic rings. The summed E-state index contributed by atoms with van der Waals surface area (Å²) in [5.41, 5.74) is 0.474. The molecule has 3 aromatic rings. The Morgan fingerprint density at radius 3 is 2.62 bits per heavy atom. The van der Waals surface area contributed by atoms with Gasteiger partial charge in [-0.05, 0) is 37.3 Å². The van der Waals surface area contributed by atoms with Crippen molar-refractivity contribution in [3.8, 4) is 11.5 Å². The number of H-pyrrole nitrogens is 1. The van der Waals surface area contributed by atoms with Crippen LogP contribution in [0.15, 0.2) is 47.3 Å². The highest BCUT2D eigenvalue weighted by Crippen LogP contribution is 2.26. The van der Waals surface area contributed by atoms with Crippen LogP contribution < -0.4 is 15.0 Å². The molecule has 1 heterocycles. The van der Waals surface area contributed by atoms with Crippen LogP contribution in [-0.2, 0) is 4.74 Å². The molecule has 1 atom stereocenters. The molecule has 0 bridgehead atoms. The number of hydrogen-bond donors (Lipinski definition) is 1. The molecule has 1 N–H and O–H groups in total. The van der Waals surface area contributed by atoms with E-state index in [9.17, 15) is 9.59 Å². The van der Waals surface area contributed by atoms with Crippen molar-refractivity contribution < 1.29 is 19.0 Å². The minimum Gasteiger partial charge on any atom is -0.497 e. The van der Waals surface area contributed by atoms with Gasteiger partial charge in [0, 0.05) is 0 Å². The first-order valence-electron chi connectivity index (χ1n) is 7.95. The van der Waals surface area contributed by atoms with Gasteiger partial charge in [0.1, 0.15) is 17.1 Å². The van der Waals surface area contributed by atoms with Crippen molar-refractivity contribution in [2.45, 2.75) is 13.0 Å². The lowest BCUT2D eigenvalue weighted by atomic mass is 10.2. The number of benzene rings is 2. The number of esters is 1. The predicted octanol–water partition coefficient (Wildman–Crippen LogP) is 2.86. The van der Waals surface area contributed by atoms with Crippen molar-refractivity contribution in [3.63, 3.8) is 0 Å². The Morgan fingerprint density at radius 2 is 1.88 bits per heavy atom. The summed E-state index contributed by atoms with van der Waals surface area (Å²) in [6, 6.07) is 11.8. The Morgan fingerprint density at radius 1 is 1.12 bits per heavy atom. The Balaban J connectivity index is 1.89. The lowest BCUT2D eigenvalue weighted by Crippen LogP contribution is -2.17. The molecule has 0 saturated heterocycles. The van der Waals surface area contributed by atoms with E-state index in [0.29, 0.717) is 22.4 Å². The Labute approximate surface area is 149 Å². The van der Waals surface area contributed by atoms with E-state index in [1.807, 2.05) is 0 Å². The summed E-state index contributed by atoms with van der Waals surface area (Å²) in [6.45, 7) is 1.64. The molecule has 3 rings (SSSR count). The van der Waals surface area contributed by atoms with Crippen LogP contribution in [0.25, 0.3) is 10.9 Å². The highest BCUT2D eigenvalue weighted by molar-refractivity contribution is 5.93. The molecule has 134 valence electrons. The van der Waals surface area contributed by atoms with Gasteiger partial charge < -0.3 is 19.2 Å². The zero-order chi connectivity index (χ0) is 18.7. The summed E-state index contributed by atoms with van der Waals surface area (Å²) in [7, 11) is 2.97. The molecule has 0 saturated carbocycles. The number of carbonyl (C=O) groups is 1. The zero-order valence-corrected chi connectivity index (χ0v) is 14.6. The van der Waals surface area contributed by atoms with Crippen molar-refractivity contribution in [3.05, 3.63) is 64.2 Å². The second-order valence-corrected chi connectivity index (χ2v) is 5.58. The monoisotopic (exact) mass is 354 g/mol. The Bertz CT molecular complexity index is 1010. The first-order valence-corrected chi connectivity index (χ1v) is 7.95. The van der Waals surface area contributed by atoms with Gasteiger partial charge in [0.2, 0.25) is 0 Å². The SMILES string of the molecule is COc1ccc(OC)c(C(=O)OC(C)c2nc3ccccc3c(=O)[nH]2)c1. The minimum atomic E-state index is -0.754. The number of nitrogens with one attached hydrogen (secondary N) is 1. The molecule has 0 aliphatic heterocycles. The third kappa shape index (κ3) is 3.37. The van der Waals surface area contributed by atoms with Gasteiger partial charge in [0.25, 0.3) is 5.56 Å². The highest BCUT2D eigenvalue weighted by atomic mass is 16.5. The van der Waals surface area contributed by atoms with Gasteiger partial charge in [0.15, 0.2) is 11.9 Å². The number of ether oxygens (including phenoxy) is 3. The molecule has 2 aromatic carbocycles. The van der Waals surface area contributed by atoms with Gasteiger partial charge in [-0.25, -0.2) is 9.78 Å². The quantitative estimate of drug-likeness (QED) is 0.709. The van der Waals surface area contributed by atoms with Gasteiger partial charge in [-0.15, -0.1) is 0 Å². The third-order valence-corrected chi connectivity index (χ3v) is 3.93. The molecule has 0 spiro atoms. The fourth-order valence-electron chi connectivity index (χ4n) is 2.55. The lowest BCUT2D eigenvalue weighted by molar-refractivity contribution is 0.0316. The van der Waals surface area contributed by atoms with Crippen LogP contribution in [0.1, 0.15) is 29.2 Å². The number of para-hydroxylation sites is 1. The summed E-state index contributed by atoms with van der Waals surface area (Å²) in [6.07, 6.45) is -0.754. The van der Waals surface area contributed by atoms with Gasteiger partial charge in [-0.3, -0.25) is 4.79 Å². The van der Waals surface area contributed by atoms with Gasteiger partial charge >= 0.3 is 5.97 Å². The number of aromatic amines is 1. The number of rotatable bonds is 5. The summed E-state index contributed by atoms with van der Waals surface area (Å²) in [5, 5.41) is 0.476. The van der Waals surface area contributed by atoms with E-state index < -0.39 is 12.1 Å². The van der Waals surface area contributed by atoms with Crippen molar-refractivity contribution in [1.82, 2.24) is 9.97 Å². The van der Waals surface area contributed by atoms with E-state index >= 15 is 0 Å². The number of hydrogen-bond acceptors (Lipinski definition) is 6. The highest BCUT2D eigenvalue weighted by Gasteiger charge is 2.20. The summed E-state index contributed by atoms with van der Waals surface area (Å²) >= 11 is 0. The number of carbonyl (C=O) groups excluding carboxylic acids is 1. The third-order valence-electron chi connectivity index (χ3n) is 3.93. The van der Waals surface area contributed by atoms with Crippen LogP contribution >= 0.6 is 0 Å². The molecule has 0 amide bonds. The Kier molecular flexibility index (Phi) is 4.88. The molecule has 0 fully saturated rings. The standard InChI is InChI=1S/C19H18N2O5/c1-11(17-20-15-7-5-4-6-13(15)18(22)21-17)26-19(23)14-10-12(24-2)8-9-16(14)25-3/h4-11H,1-3H3,(H,20,21,22). The van der Waals surface area contributed by atoms with Crippen molar-refractivity contribution in [2.24, 2.45) is 0 Å². The topological polar surface area (TPSA) is 90.5 Å². The van der Waals surface area contributed by atoms with Crippen molar-refractivity contribution in [1.29, 1.82) is 0 Å². The maximum absolute atomic E-state index is 12.5. The molecular formula is C19H18N2O5.